The molecule has 0 radical (unpaired) electrons. The van der Waals surface area contributed by atoms with Crippen LogP contribution in [-0.4, -0.2) is 84.2 Å². The molecule has 0 unspecified atom stereocenters. The summed E-state index contributed by atoms with van der Waals surface area (Å²) in [6.07, 6.45) is 3.10. The van der Waals surface area contributed by atoms with Crippen molar-refractivity contribution < 1.29 is 14.9 Å². The van der Waals surface area contributed by atoms with Crippen molar-refractivity contribution in [3.05, 3.63) is 35.9 Å². The number of ether oxygens (including phenoxy) is 1. The average molecular weight is 348 g/mol. The van der Waals surface area contributed by atoms with Crippen LogP contribution in [0.2, 0.25) is 0 Å². The molecule has 0 spiro atoms. The summed E-state index contributed by atoms with van der Waals surface area (Å²) in [5, 5.41) is 20.1. The molecule has 5 heteroatoms. The minimum atomic E-state index is -0.765. The zero-order valence-electron chi connectivity index (χ0n) is 15.3. The van der Waals surface area contributed by atoms with Gasteiger partial charge in [-0.1, -0.05) is 30.3 Å². The Kier molecular flexibility index (Phi) is 6.84. The van der Waals surface area contributed by atoms with Gasteiger partial charge in [0.15, 0.2) is 0 Å². The van der Waals surface area contributed by atoms with E-state index in [0.717, 1.165) is 38.9 Å². The van der Waals surface area contributed by atoms with Crippen molar-refractivity contribution in [1.82, 2.24) is 9.80 Å². The number of piperidine rings is 1. The van der Waals surface area contributed by atoms with Crippen molar-refractivity contribution >= 4 is 0 Å². The first-order valence-electron chi connectivity index (χ1n) is 9.57. The van der Waals surface area contributed by atoms with Gasteiger partial charge in [0.05, 0.1) is 25.4 Å². The number of nitrogens with zero attached hydrogens (tertiary/aromatic N) is 2. The number of aliphatic hydroxyl groups excluding tert-OH is 2. The molecule has 0 aliphatic carbocycles. The Hall–Kier alpha value is -0.980. The number of hydrogen-bond acceptors (Lipinski definition) is 5. The third-order valence-electron chi connectivity index (χ3n) is 5.80. The first-order valence-corrected chi connectivity index (χ1v) is 9.57. The van der Waals surface area contributed by atoms with Crippen LogP contribution in [0.5, 0.6) is 0 Å². The predicted molar refractivity (Wildman–Crippen MR) is 98.6 cm³/mol. The molecule has 0 saturated carbocycles. The monoisotopic (exact) mass is 348 g/mol. The summed E-state index contributed by atoms with van der Waals surface area (Å²) in [4.78, 5) is 4.78. The molecule has 2 saturated heterocycles. The van der Waals surface area contributed by atoms with E-state index in [2.05, 4.69) is 47.2 Å². The summed E-state index contributed by atoms with van der Waals surface area (Å²) in [5.74, 6) is 0. The Morgan fingerprint density at radius 1 is 1.12 bits per heavy atom. The van der Waals surface area contributed by atoms with Crippen molar-refractivity contribution in [3.63, 3.8) is 0 Å². The van der Waals surface area contributed by atoms with Gasteiger partial charge in [0.2, 0.25) is 0 Å². The van der Waals surface area contributed by atoms with E-state index in [0.29, 0.717) is 12.6 Å². The van der Waals surface area contributed by atoms with E-state index in [1.54, 1.807) is 0 Å². The number of benzene rings is 1. The predicted octanol–water partition coefficient (Wildman–Crippen LogP) is 1.14. The molecule has 2 aliphatic heterocycles. The first kappa shape index (κ1) is 18.8. The summed E-state index contributed by atoms with van der Waals surface area (Å²) in [5.41, 5.74) is 1.42. The van der Waals surface area contributed by atoms with Gasteiger partial charge < -0.3 is 19.8 Å². The van der Waals surface area contributed by atoms with E-state index in [1.807, 2.05) is 0 Å². The second-order valence-electron chi connectivity index (χ2n) is 7.49. The second kappa shape index (κ2) is 9.10. The molecule has 3 rings (SSSR count). The highest BCUT2D eigenvalue weighted by molar-refractivity contribution is 5.14. The SMILES string of the molecule is CN(C1CCN(CCCc2ccccc2)CC1)[C@@H]1COC[C@@H](O)[C@H]1O. The maximum atomic E-state index is 10.2. The lowest BCUT2D eigenvalue weighted by Gasteiger charge is -2.44. The van der Waals surface area contributed by atoms with Gasteiger partial charge in [0.1, 0.15) is 6.10 Å². The van der Waals surface area contributed by atoms with Gasteiger partial charge in [-0.05, 0) is 57.9 Å². The molecule has 5 nitrogen and oxygen atoms in total. The number of rotatable bonds is 6. The lowest BCUT2D eigenvalue weighted by Crippen LogP contribution is -2.58. The topological polar surface area (TPSA) is 56.2 Å². The molecule has 2 fully saturated rings. The number of likely N-dealkylation sites (N-methyl/N-ethyl adjacent to an activating group) is 1. The number of likely N-dealkylation sites (tertiary alicyclic amines) is 1. The van der Waals surface area contributed by atoms with Crippen LogP contribution in [0.3, 0.4) is 0 Å². The molecule has 0 amide bonds. The Bertz CT molecular complexity index is 505. The third kappa shape index (κ3) is 5.02. The van der Waals surface area contributed by atoms with Crippen LogP contribution in [0.4, 0.5) is 0 Å². The number of hydrogen-bond donors (Lipinski definition) is 2. The Morgan fingerprint density at radius 2 is 1.84 bits per heavy atom. The minimum absolute atomic E-state index is 0.0987. The number of aliphatic hydroxyl groups is 2. The van der Waals surface area contributed by atoms with E-state index in [1.165, 1.54) is 12.0 Å². The zero-order valence-corrected chi connectivity index (χ0v) is 15.3. The van der Waals surface area contributed by atoms with Crippen molar-refractivity contribution in [1.29, 1.82) is 0 Å². The molecule has 0 aromatic heterocycles. The molecule has 3 atom stereocenters. The molecule has 0 bridgehead atoms. The Morgan fingerprint density at radius 3 is 2.56 bits per heavy atom. The molecule has 2 heterocycles. The lowest BCUT2D eigenvalue weighted by molar-refractivity contribution is -0.137. The van der Waals surface area contributed by atoms with Crippen molar-refractivity contribution in [2.24, 2.45) is 0 Å². The van der Waals surface area contributed by atoms with Gasteiger partial charge in [-0.15, -0.1) is 0 Å². The molecular weight excluding hydrogens is 316 g/mol. The van der Waals surface area contributed by atoms with E-state index < -0.39 is 12.2 Å². The fourth-order valence-electron chi connectivity index (χ4n) is 4.09. The third-order valence-corrected chi connectivity index (χ3v) is 5.80. The highest BCUT2D eigenvalue weighted by Crippen LogP contribution is 2.22. The molecule has 2 N–H and O–H groups in total. The van der Waals surface area contributed by atoms with Gasteiger partial charge in [-0.3, -0.25) is 4.90 Å². The van der Waals surface area contributed by atoms with Gasteiger partial charge in [-0.2, -0.15) is 0 Å². The van der Waals surface area contributed by atoms with Crippen molar-refractivity contribution in [2.75, 3.05) is 39.9 Å². The Labute approximate surface area is 151 Å². The van der Waals surface area contributed by atoms with Crippen LogP contribution in [-0.2, 0) is 11.2 Å². The highest BCUT2D eigenvalue weighted by atomic mass is 16.5. The van der Waals surface area contributed by atoms with Crippen molar-refractivity contribution in [3.8, 4) is 0 Å². The zero-order chi connectivity index (χ0) is 17.6. The number of aryl methyl sites for hydroxylation is 1. The maximum absolute atomic E-state index is 10.2. The van der Waals surface area contributed by atoms with Crippen LogP contribution in [0.1, 0.15) is 24.8 Å². The van der Waals surface area contributed by atoms with Crippen LogP contribution in [0.25, 0.3) is 0 Å². The van der Waals surface area contributed by atoms with E-state index in [9.17, 15) is 10.2 Å². The summed E-state index contributed by atoms with van der Waals surface area (Å²) in [7, 11) is 2.06. The summed E-state index contributed by atoms with van der Waals surface area (Å²) >= 11 is 0. The average Bonchev–Trinajstić information content (AvgIpc) is 2.65. The van der Waals surface area contributed by atoms with Gasteiger partial charge >= 0.3 is 0 Å². The van der Waals surface area contributed by atoms with Crippen LogP contribution < -0.4 is 0 Å². The maximum Gasteiger partial charge on any atom is 0.105 e. The smallest absolute Gasteiger partial charge is 0.105 e. The Balaban J connectivity index is 1.39. The fraction of sp³-hybridized carbons (Fsp3) is 0.700. The standard InChI is InChI=1S/C20H32N2O3/c1-21(18-14-25-15-19(23)20(18)24)17-9-12-22(13-10-17)11-5-8-16-6-3-2-4-7-16/h2-4,6-7,17-20,23-24H,5,8-15H2,1H3/t18-,19-,20+/m1/s1. The largest absolute Gasteiger partial charge is 0.389 e. The van der Waals surface area contributed by atoms with Crippen LogP contribution in [0.15, 0.2) is 30.3 Å². The molecule has 140 valence electrons. The molecule has 1 aromatic carbocycles. The van der Waals surface area contributed by atoms with E-state index >= 15 is 0 Å². The lowest BCUT2D eigenvalue weighted by atomic mass is 9.97. The van der Waals surface area contributed by atoms with Crippen LogP contribution >= 0.6 is 0 Å². The van der Waals surface area contributed by atoms with Crippen molar-refractivity contribution in [2.45, 2.75) is 50.0 Å². The second-order valence-corrected chi connectivity index (χ2v) is 7.49. The first-order chi connectivity index (χ1) is 12.1. The van der Waals surface area contributed by atoms with E-state index in [4.69, 9.17) is 4.74 Å². The molecular formula is C20H32N2O3. The fourth-order valence-corrected chi connectivity index (χ4v) is 4.09. The highest BCUT2D eigenvalue weighted by Gasteiger charge is 2.37. The van der Waals surface area contributed by atoms with Crippen LogP contribution in [0, 0.1) is 0 Å². The van der Waals surface area contributed by atoms with Gasteiger partial charge in [-0.25, -0.2) is 0 Å². The van der Waals surface area contributed by atoms with Gasteiger partial charge in [0, 0.05) is 6.04 Å². The van der Waals surface area contributed by atoms with Gasteiger partial charge in [0.25, 0.3) is 0 Å². The molecule has 25 heavy (non-hydrogen) atoms. The quantitative estimate of drug-likeness (QED) is 0.807. The molecule has 1 aromatic rings. The molecule has 2 aliphatic rings. The summed E-state index contributed by atoms with van der Waals surface area (Å²) in [6.45, 7) is 4.11. The normalized spacial score (nSPS) is 29.2. The summed E-state index contributed by atoms with van der Waals surface area (Å²) < 4.78 is 5.43. The minimum Gasteiger partial charge on any atom is -0.389 e. The summed E-state index contributed by atoms with van der Waals surface area (Å²) in [6, 6.07) is 11.0. The van der Waals surface area contributed by atoms with E-state index in [-0.39, 0.29) is 12.6 Å².